The normalized spacial score (nSPS) is 16.2. The Bertz CT molecular complexity index is 1240. The summed E-state index contributed by atoms with van der Waals surface area (Å²) in [5.41, 5.74) is 8.46. The molecule has 10 heteroatoms. The standard InChI is InChI=1S/C26H34N8O2/c1-17(2)34-22(11-12-29-34)30-23(35)16-33-13-6-5-10-21(33)24-20(15-28-26(31-24)32(3)4)18-8-7-9-19(14-18)25(27)36/h7-9,11-12,14-15,17,21H,5-6,10,13,16H2,1-4H3,(H2,27,36)(H,30,35)/t21-/m0/s1. The van der Waals surface area contributed by atoms with Crippen molar-refractivity contribution in [1.29, 1.82) is 0 Å². The first-order valence-corrected chi connectivity index (χ1v) is 12.3. The average Bonchev–Trinajstić information content (AvgIpc) is 3.32. The minimum absolute atomic E-state index is 0.0755. The first kappa shape index (κ1) is 25.3. The number of carbonyl (C=O) groups excluding carboxylic acids is 2. The van der Waals surface area contributed by atoms with Crippen LogP contribution in [0.3, 0.4) is 0 Å². The highest BCUT2D eigenvalue weighted by atomic mass is 16.2. The Balaban J connectivity index is 1.66. The van der Waals surface area contributed by atoms with E-state index in [1.807, 2.05) is 51.0 Å². The number of anilines is 2. The van der Waals surface area contributed by atoms with Crippen LogP contribution in [-0.2, 0) is 4.79 Å². The third-order valence-corrected chi connectivity index (χ3v) is 6.37. The first-order chi connectivity index (χ1) is 17.2. The first-order valence-electron chi connectivity index (χ1n) is 12.3. The van der Waals surface area contributed by atoms with E-state index >= 15 is 0 Å². The van der Waals surface area contributed by atoms with Crippen molar-refractivity contribution in [3.8, 4) is 11.1 Å². The van der Waals surface area contributed by atoms with Crippen molar-refractivity contribution in [2.45, 2.75) is 45.2 Å². The zero-order valence-corrected chi connectivity index (χ0v) is 21.3. The summed E-state index contributed by atoms with van der Waals surface area (Å²) < 4.78 is 1.79. The number of hydrogen-bond acceptors (Lipinski definition) is 7. The minimum Gasteiger partial charge on any atom is -0.366 e. The maximum Gasteiger partial charge on any atom is 0.248 e. The predicted molar refractivity (Wildman–Crippen MR) is 140 cm³/mol. The van der Waals surface area contributed by atoms with E-state index in [-0.39, 0.29) is 24.5 Å². The Morgan fingerprint density at radius 3 is 2.75 bits per heavy atom. The summed E-state index contributed by atoms with van der Waals surface area (Å²) in [6, 6.07) is 9.07. The summed E-state index contributed by atoms with van der Waals surface area (Å²) in [4.78, 5) is 38.4. The molecule has 1 aliphatic heterocycles. The lowest BCUT2D eigenvalue weighted by Gasteiger charge is -2.36. The molecule has 36 heavy (non-hydrogen) atoms. The van der Waals surface area contributed by atoms with Gasteiger partial charge in [0.15, 0.2) is 0 Å². The topological polar surface area (TPSA) is 122 Å². The molecular formula is C26H34N8O2. The number of nitrogens with two attached hydrogens (primary N) is 1. The van der Waals surface area contributed by atoms with E-state index in [0.29, 0.717) is 17.3 Å². The molecule has 190 valence electrons. The second-order valence-corrected chi connectivity index (χ2v) is 9.59. The number of likely N-dealkylation sites (tertiary alicyclic amines) is 1. The molecule has 4 rings (SSSR count). The Kier molecular flexibility index (Phi) is 7.64. The van der Waals surface area contributed by atoms with Crippen LogP contribution in [0.1, 0.15) is 61.2 Å². The predicted octanol–water partition coefficient (Wildman–Crippen LogP) is 3.25. The highest BCUT2D eigenvalue weighted by Gasteiger charge is 2.30. The average molecular weight is 491 g/mol. The smallest absolute Gasteiger partial charge is 0.248 e. The Morgan fingerprint density at radius 1 is 1.22 bits per heavy atom. The highest BCUT2D eigenvalue weighted by molar-refractivity contribution is 5.94. The number of nitrogens with one attached hydrogen (secondary N) is 1. The molecule has 2 amide bonds. The maximum absolute atomic E-state index is 13.1. The van der Waals surface area contributed by atoms with Gasteiger partial charge in [0.05, 0.1) is 24.5 Å². The van der Waals surface area contributed by atoms with E-state index in [2.05, 4.69) is 20.3 Å². The van der Waals surface area contributed by atoms with Crippen molar-refractivity contribution in [2.24, 2.45) is 5.73 Å². The van der Waals surface area contributed by atoms with Crippen molar-refractivity contribution in [1.82, 2.24) is 24.6 Å². The molecule has 0 aliphatic carbocycles. The SMILES string of the molecule is CC(C)n1nccc1NC(=O)CN1CCCC[C@H]1c1nc(N(C)C)ncc1-c1cccc(C(N)=O)c1. The second-order valence-electron chi connectivity index (χ2n) is 9.59. The summed E-state index contributed by atoms with van der Waals surface area (Å²) in [7, 11) is 3.80. The van der Waals surface area contributed by atoms with E-state index in [4.69, 9.17) is 10.7 Å². The monoisotopic (exact) mass is 490 g/mol. The van der Waals surface area contributed by atoms with Crippen molar-refractivity contribution >= 4 is 23.6 Å². The highest BCUT2D eigenvalue weighted by Crippen LogP contribution is 2.36. The number of piperidine rings is 1. The van der Waals surface area contributed by atoms with Gasteiger partial charge < -0.3 is 16.0 Å². The van der Waals surface area contributed by atoms with Gasteiger partial charge in [-0.1, -0.05) is 18.6 Å². The fraction of sp³-hybridized carbons (Fsp3) is 0.423. The molecular weight excluding hydrogens is 456 g/mol. The van der Waals surface area contributed by atoms with E-state index in [1.54, 1.807) is 29.2 Å². The van der Waals surface area contributed by atoms with Gasteiger partial charge in [0.2, 0.25) is 17.8 Å². The molecule has 0 saturated carbocycles. The van der Waals surface area contributed by atoms with E-state index in [9.17, 15) is 9.59 Å². The molecule has 3 aromatic rings. The van der Waals surface area contributed by atoms with Crippen LogP contribution in [0.2, 0.25) is 0 Å². The van der Waals surface area contributed by atoms with Crippen molar-refractivity contribution < 1.29 is 9.59 Å². The molecule has 0 bridgehead atoms. The van der Waals surface area contributed by atoms with Gasteiger partial charge in [-0.2, -0.15) is 5.10 Å². The van der Waals surface area contributed by atoms with E-state index in [0.717, 1.165) is 42.6 Å². The summed E-state index contributed by atoms with van der Waals surface area (Å²) >= 11 is 0. The summed E-state index contributed by atoms with van der Waals surface area (Å²) in [5.74, 6) is 0.698. The van der Waals surface area contributed by atoms with Crippen LogP contribution in [0.4, 0.5) is 11.8 Å². The van der Waals surface area contributed by atoms with Crippen LogP contribution in [0.15, 0.2) is 42.7 Å². The van der Waals surface area contributed by atoms with Gasteiger partial charge in [0.25, 0.3) is 0 Å². The molecule has 3 N–H and O–H groups in total. The molecule has 1 aliphatic rings. The molecule has 1 fully saturated rings. The van der Waals surface area contributed by atoms with Gasteiger partial charge in [-0.05, 0) is 50.9 Å². The molecule has 1 saturated heterocycles. The summed E-state index contributed by atoms with van der Waals surface area (Å²) in [5, 5.41) is 7.32. The zero-order valence-electron chi connectivity index (χ0n) is 21.3. The molecule has 10 nitrogen and oxygen atoms in total. The maximum atomic E-state index is 13.1. The summed E-state index contributed by atoms with van der Waals surface area (Å²) in [6.45, 7) is 5.06. The van der Waals surface area contributed by atoms with E-state index in [1.165, 1.54) is 0 Å². The van der Waals surface area contributed by atoms with Crippen LogP contribution < -0.4 is 16.0 Å². The molecule has 1 atom stereocenters. The number of carbonyl (C=O) groups is 2. The largest absolute Gasteiger partial charge is 0.366 e. The van der Waals surface area contributed by atoms with Gasteiger partial charge in [0, 0.05) is 43.5 Å². The van der Waals surface area contributed by atoms with Crippen LogP contribution in [0, 0.1) is 0 Å². The van der Waals surface area contributed by atoms with E-state index < -0.39 is 5.91 Å². The molecule has 1 aromatic carbocycles. The fourth-order valence-electron chi connectivity index (χ4n) is 4.60. The van der Waals surface area contributed by atoms with Gasteiger partial charge >= 0.3 is 0 Å². The number of amides is 2. The van der Waals surface area contributed by atoms with Crippen LogP contribution in [0.25, 0.3) is 11.1 Å². The molecule has 0 radical (unpaired) electrons. The number of primary amides is 1. The number of rotatable bonds is 8. The zero-order chi connectivity index (χ0) is 25.8. The van der Waals surface area contributed by atoms with Crippen molar-refractivity contribution in [2.75, 3.05) is 37.4 Å². The van der Waals surface area contributed by atoms with Crippen LogP contribution in [-0.4, -0.2) is 63.6 Å². The number of nitrogens with zero attached hydrogens (tertiary/aromatic N) is 6. The fourth-order valence-corrected chi connectivity index (χ4v) is 4.60. The van der Waals surface area contributed by atoms with Gasteiger partial charge in [-0.15, -0.1) is 0 Å². The van der Waals surface area contributed by atoms with Gasteiger partial charge in [-0.25, -0.2) is 14.6 Å². The lowest BCUT2D eigenvalue weighted by atomic mass is 9.93. The Hall–Kier alpha value is -3.79. The Labute approximate surface area is 211 Å². The van der Waals surface area contributed by atoms with Crippen molar-refractivity contribution in [3.63, 3.8) is 0 Å². The minimum atomic E-state index is -0.485. The molecule has 0 unspecified atom stereocenters. The Morgan fingerprint density at radius 2 is 2.03 bits per heavy atom. The van der Waals surface area contributed by atoms with Crippen molar-refractivity contribution in [3.05, 3.63) is 54.0 Å². The van der Waals surface area contributed by atoms with Gasteiger partial charge in [-0.3, -0.25) is 14.5 Å². The third kappa shape index (κ3) is 5.54. The second kappa shape index (κ2) is 10.9. The lowest BCUT2D eigenvalue weighted by Crippen LogP contribution is -2.40. The quantitative estimate of drug-likeness (QED) is 0.497. The van der Waals surface area contributed by atoms with Gasteiger partial charge in [0.1, 0.15) is 5.82 Å². The lowest BCUT2D eigenvalue weighted by molar-refractivity contribution is -0.118. The molecule has 0 spiro atoms. The van der Waals surface area contributed by atoms with Crippen LogP contribution >= 0.6 is 0 Å². The number of aromatic nitrogens is 4. The third-order valence-electron chi connectivity index (χ3n) is 6.37. The van der Waals surface area contributed by atoms with Crippen LogP contribution in [0.5, 0.6) is 0 Å². The summed E-state index contributed by atoms with van der Waals surface area (Å²) in [6.07, 6.45) is 6.39. The number of benzene rings is 1. The molecule has 2 aromatic heterocycles. The number of hydrogen-bond donors (Lipinski definition) is 2. The molecule has 3 heterocycles.